The Morgan fingerprint density at radius 1 is 1.32 bits per heavy atom. The van der Waals surface area contributed by atoms with Crippen LogP contribution >= 0.6 is 23.2 Å². The molecule has 0 unspecified atom stereocenters. The van der Waals surface area contributed by atoms with Crippen molar-refractivity contribution in [2.24, 2.45) is 0 Å². The highest BCUT2D eigenvalue weighted by atomic mass is 35.5. The molecule has 6 heteroatoms. The molecular weight excluding hydrogens is 321 g/mol. The topological polar surface area (TPSA) is 65.8 Å². The maximum atomic E-state index is 12.0. The number of carbonyl (C=O) groups is 1. The van der Waals surface area contributed by atoms with Crippen LogP contribution in [0.3, 0.4) is 0 Å². The number of aryl methyl sites for hydroxylation is 1. The molecule has 0 fully saturated rings. The number of nitrogens with one attached hydrogen (secondary N) is 1. The van der Waals surface area contributed by atoms with Crippen molar-refractivity contribution in [3.8, 4) is 6.07 Å². The zero-order chi connectivity index (χ0) is 15.9. The van der Waals surface area contributed by atoms with Crippen LogP contribution in [0.25, 0.3) is 0 Å². The number of aromatic nitrogens is 1. The van der Waals surface area contributed by atoms with Crippen LogP contribution in [-0.2, 0) is 11.2 Å². The average Bonchev–Trinajstić information content (AvgIpc) is 2.54. The van der Waals surface area contributed by atoms with Gasteiger partial charge in [0, 0.05) is 18.8 Å². The first-order valence-corrected chi connectivity index (χ1v) is 7.38. The fraction of sp³-hybridized carbons (Fsp3) is 0.188. The Hall–Kier alpha value is -2.09. The third-order valence-electron chi connectivity index (χ3n) is 3.07. The quantitative estimate of drug-likeness (QED) is 0.907. The molecular formula is C16H13Cl2N3O. The van der Waals surface area contributed by atoms with Crippen LogP contribution in [0.5, 0.6) is 0 Å². The molecule has 0 spiro atoms. The minimum absolute atomic E-state index is 0.207. The van der Waals surface area contributed by atoms with Gasteiger partial charge in [-0.15, -0.1) is 0 Å². The summed E-state index contributed by atoms with van der Waals surface area (Å²) in [6, 6.07) is 9.87. The molecule has 0 saturated heterocycles. The highest BCUT2D eigenvalue weighted by Crippen LogP contribution is 2.25. The number of nitriles is 1. The van der Waals surface area contributed by atoms with Crippen molar-refractivity contribution in [2.45, 2.75) is 18.9 Å². The molecule has 4 nitrogen and oxygen atoms in total. The molecule has 22 heavy (non-hydrogen) atoms. The first-order valence-electron chi connectivity index (χ1n) is 6.63. The van der Waals surface area contributed by atoms with E-state index in [1.54, 1.807) is 30.6 Å². The second-order valence-corrected chi connectivity index (χ2v) is 5.48. The number of hydrogen-bond acceptors (Lipinski definition) is 3. The molecule has 1 aromatic carbocycles. The van der Waals surface area contributed by atoms with Crippen molar-refractivity contribution in [3.05, 3.63) is 63.9 Å². The Balaban J connectivity index is 1.96. The van der Waals surface area contributed by atoms with Gasteiger partial charge < -0.3 is 5.32 Å². The fourth-order valence-corrected chi connectivity index (χ4v) is 2.23. The van der Waals surface area contributed by atoms with Crippen LogP contribution in [0.15, 0.2) is 42.7 Å². The van der Waals surface area contributed by atoms with Gasteiger partial charge in [-0.1, -0.05) is 35.3 Å². The number of carbonyl (C=O) groups excluding carboxylic acids is 1. The van der Waals surface area contributed by atoms with Gasteiger partial charge in [-0.2, -0.15) is 5.26 Å². The second-order valence-electron chi connectivity index (χ2n) is 4.66. The third-order valence-corrected chi connectivity index (χ3v) is 3.81. The van der Waals surface area contributed by atoms with E-state index in [1.807, 2.05) is 18.2 Å². The van der Waals surface area contributed by atoms with Crippen molar-refractivity contribution in [1.29, 1.82) is 5.26 Å². The lowest BCUT2D eigenvalue weighted by Crippen LogP contribution is -2.27. The van der Waals surface area contributed by atoms with Gasteiger partial charge in [-0.3, -0.25) is 9.78 Å². The molecule has 1 amide bonds. The van der Waals surface area contributed by atoms with Crippen molar-refractivity contribution < 1.29 is 4.79 Å². The van der Waals surface area contributed by atoms with E-state index in [1.165, 1.54) is 0 Å². The summed E-state index contributed by atoms with van der Waals surface area (Å²) in [5.74, 6) is -0.207. The maximum Gasteiger partial charge on any atom is 0.221 e. The number of benzene rings is 1. The molecule has 2 aromatic rings. The zero-order valence-corrected chi connectivity index (χ0v) is 13.1. The van der Waals surface area contributed by atoms with E-state index in [-0.39, 0.29) is 12.3 Å². The third kappa shape index (κ3) is 4.45. The van der Waals surface area contributed by atoms with Crippen molar-refractivity contribution >= 4 is 29.1 Å². The summed E-state index contributed by atoms with van der Waals surface area (Å²) >= 11 is 11.8. The molecule has 1 heterocycles. The minimum Gasteiger partial charge on any atom is -0.337 e. The number of pyridine rings is 1. The second kappa shape index (κ2) is 7.79. The zero-order valence-electron chi connectivity index (χ0n) is 11.6. The van der Waals surface area contributed by atoms with Gasteiger partial charge in [0.2, 0.25) is 5.91 Å². The van der Waals surface area contributed by atoms with Crippen molar-refractivity contribution in [1.82, 2.24) is 10.3 Å². The van der Waals surface area contributed by atoms with Crippen LogP contribution in [0.4, 0.5) is 0 Å². The first kappa shape index (κ1) is 16.3. The Morgan fingerprint density at radius 2 is 2.14 bits per heavy atom. The summed E-state index contributed by atoms with van der Waals surface area (Å²) in [5.41, 5.74) is 1.58. The van der Waals surface area contributed by atoms with E-state index in [2.05, 4.69) is 10.3 Å². The number of halogens is 2. The van der Waals surface area contributed by atoms with Crippen LogP contribution in [0, 0.1) is 11.3 Å². The lowest BCUT2D eigenvalue weighted by atomic mass is 10.1. The standard InChI is InChI=1S/C16H13Cl2N3O/c17-13-5-4-12(8-14(13)18)15(9-19)21-16(22)6-3-11-2-1-7-20-10-11/h1-2,4-5,7-8,10,15H,3,6H2,(H,21,22)/t15-/m1/s1. The predicted octanol–water partition coefficient (Wildman–Crippen LogP) is 3.70. The first-order chi connectivity index (χ1) is 10.6. The van der Waals surface area contributed by atoms with E-state index in [0.29, 0.717) is 22.0 Å². The largest absolute Gasteiger partial charge is 0.337 e. The predicted molar refractivity (Wildman–Crippen MR) is 85.5 cm³/mol. The van der Waals surface area contributed by atoms with E-state index in [0.717, 1.165) is 5.56 Å². The van der Waals surface area contributed by atoms with Crippen LogP contribution in [0.2, 0.25) is 10.0 Å². The molecule has 1 aromatic heterocycles. The van der Waals surface area contributed by atoms with E-state index in [4.69, 9.17) is 23.2 Å². The molecule has 0 radical (unpaired) electrons. The lowest BCUT2D eigenvalue weighted by Gasteiger charge is -2.12. The SMILES string of the molecule is N#C[C@@H](NC(=O)CCc1cccnc1)c1ccc(Cl)c(Cl)c1. The summed E-state index contributed by atoms with van der Waals surface area (Å²) in [6.45, 7) is 0. The number of nitrogens with zero attached hydrogens (tertiary/aromatic N) is 2. The maximum absolute atomic E-state index is 12.0. The van der Waals surface area contributed by atoms with Gasteiger partial charge in [0.1, 0.15) is 6.04 Å². The van der Waals surface area contributed by atoms with Crippen LogP contribution < -0.4 is 5.32 Å². The number of amides is 1. The lowest BCUT2D eigenvalue weighted by molar-refractivity contribution is -0.121. The van der Waals surface area contributed by atoms with Crippen molar-refractivity contribution in [3.63, 3.8) is 0 Å². The smallest absolute Gasteiger partial charge is 0.221 e. The molecule has 0 aliphatic rings. The number of rotatable bonds is 5. The monoisotopic (exact) mass is 333 g/mol. The van der Waals surface area contributed by atoms with E-state index >= 15 is 0 Å². The normalized spacial score (nSPS) is 11.5. The van der Waals surface area contributed by atoms with Crippen LogP contribution in [-0.4, -0.2) is 10.9 Å². The van der Waals surface area contributed by atoms with E-state index in [9.17, 15) is 10.1 Å². The summed E-state index contributed by atoms with van der Waals surface area (Å²) < 4.78 is 0. The summed E-state index contributed by atoms with van der Waals surface area (Å²) in [5, 5.41) is 12.7. The van der Waals surface area contributed by atoms with Gasteiger partial charge in [0.25, 0.3) is 0 Å². The van der Waals surface area contributed by atoms with Crippen molar-refractivity contribution in [2.75, 3.05) is 0 Å². The minimum atomic E-state index is -0.754. The molecule has 0 bridgehead atoms. The molecule has 2 rings (SSSR count). The van der Waals surface area contributed by atoms with Crippen LogP contribution in [0.1, 0.15) is 23.6 Å². The Kier molecular flexibility index (Phi) is 5.76. The Morgan fingerprint density at radius 3 is 2.77 bits per heavy atom. The molecule has 0 aliphatic carbocycles. The highest BCUT2D eigenvalue weighted by Gasteiger charge is 2.15. The summed E-state index contributed by atoms with van der Waals surface area (Å²) in [7, 11) is 0. The van der Waals surface area contributed by atoms with E-state index < -0.39 is 6.04 Å². The Labute approximate surface area is 138 Å². The summed E-state index contributed by atoms with van der Waals surface area (Å²) in [6.07, 6.45) is 4.25. The van der Waals surface area contributed by atoms with Gasteiger partial charge in [0.15, 0.2) is 0 Å². The molecule has 1 atom stereocenters. The Bertz CT molecular complexity index is 698. The molecule has 1 N–H and O–H groups in total. The number of hydrogen-bond donors (Lipinski definition) is 1. The van der Waals surface area contributed by atoms with Gasteiger partial charge in [-0.05, 0) is 35.7 Å². The summed E-state index contributed by atoms with van der Waals surface area (Å²) in [4.78, 5) is 16.0. The molecule has 0 aliphatic heterocycles. The molecule has 0 saturated carbocycles. The van der Waals surface area contributed by atoms with Gasteiger partial charge in [-0.25, -0.2) is 0 Å². The highest BCUT2D eigenvalue weighted by molar-refractivity contribution is 6.42. The van der Waals surface area contributed by atoms with Gasteiger partial charge >= 0.3 is 0 Å². The average molecular weight is 334 g/mol. The fourth-order valence-electron chi connectivity index (χ4n) is 1.92. The molecule has 112 valence electrons. The van der Waals surface area contributed by atoms with Gasteiger partial charge in [0.05, 0.1) is 16.1 Å².